The van der Waals surface area contributed by atoms with Crippen molar-refractivity contribution >= 4 is 32.5 Å². The van der Waals surface area contributed by atoms with E-state index >= 15 is 0 Å². The lowest BCUT2D eigenvalue weighted by Crippen LogP contribution is -2.40. The van der Waals surface area contributed by atoms with E-state index in [-0.39, 0.29) is 10.8 Å². The molecule has 1 heterocycles. The van der Waals surface area contributed by atoms with Gasteiger partial charge < -0.3 is 5.32 Å². The number of rotatable bonds is 4. The number of benzene rings is 2. The minimum absolute atomic E-state index is 0.0919. The molecule has 0 unspecified atom stereocenters. The third-order valence-electron chi connectivity index (χ3n) is 4.25. The molecule has 0 fully saturated rings. The van der Waals surface area contributed by atoms with Crippen molar-refractivity contribution < 1.29 is 13.2 Å². The van der Waals surface area contributed by atoms with Gasteiger partial charge in [0.2, 0.25) is 10.0 Å². The zero-order valence-electron chi connectivity index (χ0n) is 17.2. The molecule has 0 radical (unpaired) electrons. The third-order valence-corrected chi connectivity index (χ3v) is 6.00. The largest absolute Gasteiger partial charge is 0.322 e. The summed E-state index contributed by atoms with van der Waals surface area (Å²) in [6, 6.07) is 13.9. The Morgan fingerprint density at radius 3 is 2.41 bits per heavy atom. The lowest BCUT2D eigenvalue weighted by Gasteiger charge is -2.20. The number of amides is 1. The lowest BCUT2D eigenvalue weighted by atomic mass is 10.1. The van der Waals surface area contributed by atoms with E-state index < -0.39 is 15.6 Å². The summed E-state index contributed by atoms with van der Waals surface area (Å²) in [5.41, 5.74) is 2.76. The van der Waals surface area contributed by atoms with Crippen LogP contribution in [0.25, 0.3) is 10.9 Å². The molecule has 0 bridgehead atoms. The van der Waals surface area contributed by atoms with Crippen molar-refractivity contribution in [2.45, 2.75) is 45.1 Å². The molecule has 2 aromatic carbocycles. The minimum Gasteiger partial charge on any atom is -0.322 e. The van der Waals surface area contributed by atoms with Gasteiger partial charge in [0.05, 0.1) is 21.7 Å². The number of carbonyl (C=O) groups is 1. The fourth-order valence-corrected chi connectivity index (χ4v) is 4.49. The SMILES string of the molecule is Cc1ccc2nc(C)c(C(=O)Nc3cccc(S(=O)(=O)NC(C)(C)C)c3)cc2c1. The molecule has 29 heavy (non-hydrogen) atoms. The van der Waals surface area contributed by atoms with Crippen LogP contribution in [0.2, 0.25) is 0 Å². The van der Waals surface area contributed by atoms with Gasteiger partial charge in [-0.3, -0.25) is 9.78 Å². The molecule has 7 heteroatoms. The molecule has 0 spiro atoms. The number of aromatic nitrogens is 1. The number of carbonyl (C=O) groups excluding carboxylic acids is 1. The summed E-state index contributed by atoms with van der Waals surface area (Å²) >= 11 is 0. The van der Waals surface area contributed by atoms with Crippen LogP contribution in [0.3, 0.4) is 0 Å². The monoisotopic (exact) mass is 411 g/mol. The molecule has 1 aromatic heterocycles. The van der Waals surface area contributed by atoms with Crippen LogP contribution in [-0.2, 0) is 10.0 Å². The summed E-state index contributed by atoms with van der Waals surface area (Å²) in [4.78, 5) is 17.4. The summed E-state index contributed by atoms with van der Waals surface area (Å²) in [5.74, 6) is -0.336. The zero-order valence-corrected chi connectivity index (χ0v) is 18.0. The number of hydrogen-bond acceptors (Lipinski definition) is 4. The van der Waals surface area contributed by atoms with Crippen LogP contribution < -0.4 is 10.0 Å². The van der Waals surface area contributed by atoms with Gasteiger partial charge in [0.1, 0.15) is 0 Å². The fourth-order valence-electron chi connectivity index (χ4n) is 3.02. The van der Waals surface area contributed by atoms with E-state index in [0.717, 1.165) is 16.5 Å². The molecule has 152 valence electrons. The second-order valence-electron chi connectivity index (χ2n) is 8.15. The highest BCUT2D eigenvalue weighted by Crippen LogP contribution is 2.21. The molecule has 0 aliphatic carbocycles. The third kappa shape index (κ3) is 4.99. The Bertz CT molecular complexity index is 1200. The average molecular weight is 412 g/mol. The highest BCUT2D eigenvalue weighted by Gasteiger charge is 2.22. The summed E-state index contributed by atoms with van der Waals surface area (Å²) in [7, 11) is -3.70. The number of fused-ring (bicyclic) bond motifs is 1. The minimum atomic E-state index is -3.70. The Labute approximate surface area is 171 Å². The summed E-state index contributed by atoms with van der Waals surface area (Å²) in [5, 5.41) is 3.66. The maximum atomic E-state index is 12.8. The molecule has 3 aromatic rings. The highest BCUT2D eigenvalue weighted by molar-refractivity contribution is 7.89. The van der Waals surface area contributed by atoms with Crippen LogP contribution in [-0.4, -0.2) is 24.8 Å². The number of aryl methyl sites for hydroxylation is 2. The molecule has 0 saturated heterocycles. The predicted octanol–water partition coefficient (Wildman–Crippen LogP) is 4.18. The van der Waals surface area contributed by atoms with E-state index in [0.29, 0.717) is 16.9 Å². The number of pyridine rings is 1. The van der Waals surface area contributed by atoms with E-state index in [1.165, 1.54) is 12.1 Å². The maximum Gasteiger partial charge on any atom is 0.257 e. The first-order chi connectivity index (χ1) is 13.4. The molecule has 2 N–H and O–H groups in total. The summed E-state index contributed by atoms with van der Waals surface area (Å²) in [6.07, 6.45) is 0. The van der Waals surface area contributed by atoms with Crippen molar-refractivity contribution in [2.24, 2.45) is 0 Å². The molecule has 1 amide bonds. The van der Waals surface area contributed by atoms with Crippen LogP contribution >= 0.6 is 0 Å². The number of anilines is 1. The lowest BCUT2D eigenvalue weighted by molar-refractivity contribution is 0.102. The first-order valence-corrected chi connectivity index (χ1v) is 10.8. The number of hydrogen-bond donors (Lipinski definition) is 2. The van der Waals surface area contributed by atoms with Crippen LogP contribution in [0.1, 0.15) is 42.4 Å². The number of sulfonamides is 1. The molecular formula is C22H25N3O3S. The maximum absolute atomic E-state index is 12.8. The number of nitrogens with one attached hydrogen (secondary N) is 2. The van der Waals surface area contributed by atoms with Gasteiger partial charge in [0.25, 0.3) is 5.91 Å². The normalized spacial score (nSPS) is 12.2. The van der Waals surface area contributed by atoms with Crippen LogP contribution in [0.5, 0.6) is 0 Å². The molecule has 3 rings (SSSR count). The Kier molecular flexibility index (Phi) is 5.47. The van der Waals surface area contributed by atoms with Gasteiger partial charge in [0.15, 0.2) is 0 Å². The second kappa shape index (κ2) is 7.57. The van der Waals surface area contributed by atoms with E-state index in [2.05, 4.69) is 15.0 Å². The van der Waals surface area contributed by atoms with Crippen molar-refractivity contribution in [1.29, 1.82) is 0 Å². The molecule has 6 nitrogen and oxygen atoms in total. The molecular weight excluding hydrogens is 386 g/mol. The van der Waals surface area contributed by atoms with Crippen molar-refractivity contribution in [3.63, 3.8) is 0 Å². The van der Waals surface area contributed by atoms with Gasteiger partial charge in [-0.25, -0.2) is 13.1 Å². The van der Waals surface area contributed by atoms with Gasteiger partial charge >= 0.3 is 0 Å². The van der Waals surface area contributed by atoms with Crippen LogP contribution in [0.15, 0.2) is 53.4 Å². The van der Waals surface area contributed by atoms with E-state index in [1.54, 1.807) is 39.8 Å². The molecule has 0 atom stereocenters. The highest BCUT2D eigenvalue weighted by atomic mass is 32.2. The predicted molar refractivity (Wildman–Crippen MR) is 116 cm³/mol. The second-order valence-corrected chi connectivity index (χ2v) is 9.84. The van der Waals surface area contributed by atoms with E-state index in [9.17, 15) is 13.2 Å². The van der Waals surface area contributed by atoms with Crippen molar-refractivity contribution in [2.75, 3.05) is 5.32 Å². The van der Waals surface area contributed by atoms with Gasteiger partial charge in [-0.15, -0.1) is 0 Å². The van der Waals surface area contributed by atoms with Gasteiger partial charge in [-0.1, -0.05) is 17.7 Å². The fraction of sp³-hybridized carbons (Fsp3) is 0.273. The van der Waals surface area contributed by atoms with Crippen molar-refractivity contribution in [1.82, 2.24) is 9.71 Å². The summed E-state index contributed by atoms with van der Waals surface area (Å²) in [6.45, 7) is 9.08. The average Bonchev–Trinajstić information content (AvgIpc) is 2.59. The number of nitrogens with zero attached hydrogens (tertiary/aromatic N) is 1. The van der Waals surface area contributed by atoms with E-state index in [1.807, 2.05) is 31.2 Å². The first kappa shape index (κ1) is 21.0. The molecule has 0 aliphatic heterocycles. The zero-order chi connectivity index (χ0) is 21.4. The smallest absolute Gasteiger partial charge is 0.257 e. The van der Waals surface area contributed by atoms with Crippen LogP contribution in [0.4, 0.5) is 5.69 Å². The van der Waals surface area contributed by atoms with Gasteiger partial charge in [0, 0.05) is 16.6 Å². The Balaban J connectivity index is 1.90. The Hall–Kier alpha value is -2.77. The Morgan fingerprint density at radius 1 is 1.00 bits per heavy atom. The van der Waals surface area contributed by atoms with Crippen LogP contribution in [0, 0.1) is 13.8 Å². The topological polar surface area (TPSA) is 88.2 Å². The van der Waals surface area contributed by atoms with E-state index in [4.69, 9.17) is 0 Å². The standard InChI is InChI=1S/C22H25N3O3S/c1-14-9-10-20-16(11-14)12-19(15(2)23-20)21(26)24-17-7-6-8-18(13-17)29(27,28)25-22(3,4)5/h6-13,25H,1-5H3,(H,24,26). The molecule has 0 aliphatic rings. The quantitative estimate of drug-likeness (QED) is 0.674. The van der Waals surface area contributed by atoms with Crippen molar-refractivity contribution in [3.8, 4) is 0 Å². The van der Waals surface area contributed by atoms with Gasteiger partial charge in [-0.05, 0) is 71.0 Å². The Morgan fingerprint density at radius 2 is 1.72 bits per heavy atom. The van der Waals surface area contributed by atoms with Crippen molar-refractivity contribution in [3.05, 3.63) is 65.4 Å². The first-order valence-electron chi connectivity index (χ1n) is 9.28. The molecule has 0 saturated carbocycles. The van der Waals surface area contributed by atoms with Gasteiger partial charge in [-0.2, -0.15) is 0 Å². The summed E-state index contributed by atoms with van der Waals surface area (Å²) < 4.78 is 27.7.